The molecule has 1 unspecified atom stereocenters. The van der Waals surface area contributed by atoms with Crippen LogP contribution in [0.4, 0.5) is 11.4 Å². The Labute approximate surface area is 99.6 Å². The van der Waals surface area contributed by atoms with Gasteiger partial charge >= 0.3 is 0 Å². The molecule has 5 heteroatoms. The van der Waals surface area contributed by atoms with E-state index in [1.807, 2.05) is 19.1 Å². The van der Waals surface area contributed by atoms with Gasteiger partial charge in [0.1, 0.15) is 6.04 Å². The smallest absolute Gasteiger partial charge is 0.251 e. The Morgan fingerprint density at radius 1 is 1.41 bits per heavy atom. The van der Waals surface area contributed by atoms with Crippen molar-refractivity contribution in [2.75, 3.05) is 18.1 Å². The fourth-order valence-electron chi connectivity index (χ4n) is 1.85. The molecule has 1 atom stereocenters. The minimum Gasteiger partial charge on any atom is -0.397 e. The highest BCUT2D eigenvalue weighted by molar-refractivity contribution is 6.06. The number of nitrogens with zero attached hydrogens (tertiary/aromatic N) is 1. The molecule has 3 N–H and O–H groups in total. The fourth-order valence-corrected chi connectivity index (χ4v) is 1.85. The molecule has 1 heterocycles. The van der Waals surface area contributed by atoms with Crippen LogP contribution in [0.5, 0.6) is 0 Å². The van der Waals surface area contributed by atoms with Gasteiger partial charge in [-0.25, -0.2) is 0 Å². The van der Waals surface area contributed by atoms with E-state index in [-0.39, 0.29) is 18.2 Å². The van der Waals surface area contributed by atoms with Crippen LogP contribution in [0.3, 0.4) is 0 Å². The lowest BCUT2D eigenvalue weighted by Crippen LogP contribution is -2.32. The molecule has 17 heavy (non-hydrogen) atoms. The zero-order valence-corrected chi connectivity index (χ0v) is 9.86. The summed E-state index contributed by atoms with van der Waals surface area (Å²) < 4.78 is 0. The van der Waals surface area contributed by atoms with Crippen LogP contribution in [0.25, 0.3) is 0 Å². The number of anilines is 2. The molecule has 0 saturated carbocycles. The van der Waals surface area contributed by atoms with Crippen LogP contribution in [-0.4, -0.2) is 29.8 Å². The van der Waals surface area contributed by atoms with Crippen LogP contribution in [0.2, 0.25) is 0 Å². The molecule has 2 amide bonds. The van der Waals surface area contributed by atoms with E-state index in [0.29, 0.717) is 11.4 Å². The predicted molar refractivity (Wildman–Crippen MR) is 65.4 cm³/mol. The van der Waals surface area contributed by atoms with Crippen LogP contribution in [0, 0.1) is 6.92 Å². The number of imide groups is 1. The highest BCUT2D eigenvalue weighted by Gasteiger charge is 2.36. The van der Waals surface area contributed by atoms with E-state index < -0.39 is 6.04 Å². The number of likely N-dealkylation sites (N-methyl/N-ethyl adjacent to an activating group) is 1. The lowest BCUT2D eigenvalue weighted by Gasteiger charge is -2.14. The third-order valence-corrected chi connectivity index (χ3v) is 2.92. The molecule has 2 rings (SSSR count). The first-order chi connectivity index (χ1) is 7.99. The molecule has 1 aliphatic rings. The molecule has 0 bridgehead atoms. The van der Waals surface area contributed by atoms with Crippen molar-refractivity contribution in [1.82, 2.24) is 4.90 Å². The van der Waals surface area contributed by atoms with Crippen molar-refractivity contribution in [3.8, 4) is 0 Å². The normalized spacial score (nSPS) is 19.9. The van der Waals surface area contributed by atoms with Crippen molar-refractivity contribution >= 4 is 23.2 Å². The minimum absolute atomic E-state index is 0.168. The molecule has 0 aliphatic carbocycles. The van der Waals surface area contributed by atoms with Crippen LogP contribution in [0.1, 0.15) is 12.0 Å². The number of carbonyl (C=O) groups is 2. The quantitative estimate of drug-likeness (QED) is 0.583. The number of nitrogen functional groups attached to an aromatic ring is 1. The minimum atomic E-state index is -0.503. The Morgan fingerprint density at radius 2 is 2.12 bits per heavy atom. The van der Waals surface area contributed by atoms with Gasteiger partial charge in [-0.05, 0) is 24.6 Å². The van der Waals surface area contributed by atoms with Crippen LogP contribution >= 0.6 is 0 Å². The summed E-state index contributed by atoms with van der Waals surface area (Å²) in [4.78, 5) is 24.2. The summed E-state index contributed by atoms with van der Waals surface area (Å²) in [5.74, 6) is -0.380. The SMILES string of the molecule is Cc1ccc(N)c(NC2CC(=O)N(C)C2=O)c1. The summed E-state index contributed by atoms with van der Waals surface area (Å²) in [5, 5.41) is 3.02. The number of amides is 2. The van der Waals surface area contributed by atoms with Gasteiger partial charge in [0.25, 0.3) is 5.91 Å². The third kappa shape index (κ3) is 2.08. The standard InChI is InChI=1S/C12H15N3O2/c1-7-3-4-8(13)9(5-7)14-10-6-11(16)15(2)12(10)17/h3-5,10,14H,6,13H2,1-2H3. The number of hydrogen-bond donors (Lipinski definition) is 2. The Morgan fingerprint density at radius 3 is 2.71 bits per heavy atom. The topological polar surface area (TPSA) is 75.4 Å². The predicted octanol–water partition coefficient (Wildman–Crippen LogP) is 0.746. The molecule has 1 aliphatic heterocycles. The van der Waals surface area contributed by atoms with Crippen molar-refractivity contribution in [2.24, 2.45) is 0 Å². The zero-order chi connectivity index (χ0) is 12.6. The lowest BCUT2D eigenvalue weighted by atomic mass is 10.1. The number of aryl methyl sites for hydroxylation is 1. The molecular formula is C12H15N3O2. The number of nitrogens with two attached hydrogens (primary N) is 1. The van der Waals surface area contributed by atoms with Gasteiger partial charge in [-0.1, -0.05) is 6.07 Å². The fraction of sp³-hybridized carbons (Fsp3) is 0.333. The second kappa shape index (κ2) is 4.08. The largest absolute Gasteiger partial charge is 0.397 e. The maximum atomic E-state index is 11.7. The Bertz CT molecular complexity index is 485. The number of hydrogen-bond acceptors (Lipinski definition) is 4. The first kappa shape index (κ1) is 11.4. The van der Waals surface area contributed by atoms with E-state index >= 15 is 0 Å². The van der Waals surface area contributed by atoms with Gasteiger partial charge < -0.3 is 11.1 Å². The molecule has 0 aromatic heterocycles. The van der Waals surface area contributed by atoms with Crippen LogP contribution in [0.15, 0.2) is 18.2 Å². The first-order valence-electron chi connectivity index (χ1n) is 5.42. The summed E-state index contributed by atoms with van der Waals surface area (Å²) in [7, 11) is 1.49. The first-order valence-corrected chi connectivity index (χ1v) is 5.42. The monoisotopic (exact) mass is 233 g/mol. The van der Waals surface area contributed by atoms with Gasteiger partial charge in [-0.3, -0.25) is 14.5 Å². The third-order valence-electron chi connectivity index (χ3n) is 2.92. The van der Waals surface area contributed by atoms with Gasteiger partial charge in [-0.2, -0.15) is 0 Å². The van der Waals surface area contributed by atoms with Gasteiger partial charge in [0.15, 0.2) is 0 Å². The number of rotatable bonds is 2. The average molecular weight is 233 g/mol. The van der Waals surface area contributed by atoms with E-state index in [9.17, 15) is 9.59 Å². The van der Waals surface area contributed by atoms with E-state index in [2.05, 4.69) is 5.32 Å². The van der Waals surface area contributed by atoms with E-state index in [1.54, 1.807) is 6.07 Å². The van der Waals surface area contributed by atoms with Crippen LogP contribution < -0.4 is 11.1 Å². The highest BCUT2D eigenvalue weighted by Crippen LogP contribution is 2.23. The molecule has 5 nitrogen and oxygen atoms in total. The Hall–Kier alpha value is -2.04. The summed E-state index contributed by atoms with van der Waals surface area (Å²) in [6.45, 7) is 1.94. The maximum absolute atomic E-state index is 11.7. The summed E-state index contributed by atoms with van der Waals surface area (Å²) in [5.41, 5.74) is 8.13. The number of nitrogens with one attached hydrogen (secondary N) is 1. The van der Waals surface area contributed by atoms with Gasteiger partial charge in [0.2, 0.25) is 5.91 Å². The molecule has 0 spiro atoms. The second-order valence-corrected chi connectivity index (χ2v) is 4.28. The van der Waals surface area contributed by atoms with E-state index in [1.165, 1.54) is 7.05 Å². The summed E-state index contributed by atoms with van der Waals surface area (Å²) in [6, 6.07) is 5.04. The lowest BCUT2D eigenvalue weighted by molar-refractivity contribution is -0.136. The van der Waals surface area contributed by atoms with Gasteiger partial charge in [0.05, 0.1) is 17.8 Å². The van der Waals surface area contributed by atoms with Crippen LogP contribution in [-0.2, 0) is 9.59 Å². The molecule has 1 aromatic carbocycles. The second-order valence-electron chi connectivity index (χ2n) is 4.28. The van der Waals surface area contributed by atoms with E-state index in [4.69, 9.17) is 5.73 Å². The zero-order valence-electron chi connectivity index (χ0n) is 9.86. The Balaban J connectivity index is 2.19. The van der Waals surface area contributed by atoms with Gasteiger partial charge in [-0.15, -0.1) is 0 Å². The van der Waals surface area contributed by atoms with Crippen molar-refractivity contribution in [1.29, 1.82) is 0 Å². The summed E-state index contributed by atoms with van der Waals surface area (Å²) in [6.07, 6.45) is 0.183. The van der Waals surface area contributed by atoms with Gasteiger partial charge in [0, 0.05) is 7.05 Å². The number of benzene rings is 1. The van der Waals surface area contributed by atoms with Crippen molar-refractivity contribution in [3.63, 3.8) is 0 Å². The van der Waals surface area contributed by atoms with Crippen molar-refractivity contribution in [2.45, 2.75) is 19.4 Å². The molecular weight excluding hydrogens is 218 g/mol. The number of carbonyl (C=O) groups excluding carboxylic acids is 2. The summed E-state index contributed by atoms with van der Waals surface area (Å²) >= 11 is 0. The number of likely N-dealkylation sites (tertiary alicyclic amines) is 1. The highest BCUT2D eigenvalue weighted by atomic mass is 16.2. The molecule has 1 saturated heterocycles. The molecule has 1 fully saturated rings. The molecule has 90 valence electrons. The average Bonchev–Trinajstić information content (AvgIpc) is 2.52. The molecule has 0 radical (unpaired) electrons. The van der Waals surface area contributed by atoms with Crippen molar-refractivity contribution in [3.05, 3.63) is 23.8 Å². The molecule has 1 aromatic rings. The maximum Gasteiger partial charge on any atom is 0.251 e. The van der Waals surface area contributed by atoms with Crippen molar-refractivity contribution < 1.29 is 9.59 Å². The Kier molecular flexibility index (Phi) is 2.75. The van der Waals surface area contributed by atoms with E-state index in [0.717, 1.165) is 10.5 Å².